The Morgan fingerprint density at radius 3 is 3.05 bits per heavy atom. The molecule has 1 aromatic carbocycles. The predicted molar refractivity (Wildman–Crippen MR) is 77.6 cm³/mol. The number of hydrogen-bond donors (Lipinski definition) is 1. The van der Waals surface area contributed by atoms with Crippen molar-refractivity contribution in [2.75, 3.05) is 26.2 Å². The molecule has 0 aromatic heterocycles. The molecule has 3 rings (SSSR count). The van der Waals surface area contributed by atoms with E-state index in [0.717, 1.165) is 37.9 Å². The van der Waals surface area contributed by atoms with Gasteiger partial charge in [-0.2, -0.15) is 0 Å². The molecule has 0 bridgehead atoms. The quantitative estimate of drug-likeness (QED) is 0.761. The summed E-state index contributed by atoms with van der Waals surface area (Å²) >= 11 is 0. The number of fused-ring (bicyclic) bond motifs is 1. The van der Waals surface area contributed by atoms with E-state index in [4.69, 9.17) is 4.74 Å². The minimum absolute atomic E-state index is 0.846. The van der Waals surface area contributed by atoms with Crippen molar-refractivity contribution in [1.29, 1.82) is 0 Å². The van der Waals surface area contributed by atoms with Crippen LogP contribution in [0.25, 0.3) is 0 Å². The van der Waals surface area contributed by atoms with Crippen molar-refractivity contribution in [3.05, 3.63) is 29.3 Å². The molecule has 104 valence electrons. The molecule has 0 spiro atoms. The summed E-state index contributed by atoms with van der Waals surface area (Å²) in [6.07, 6.45) is 3.87. The topological polar surface area (TPSA) is 24.5 Å². The number of benzene rings is 1. The lowest BCUT2D eigenvalue weighted by Gasteiger charge is -2.19. The molecule has 19 heavy (non-hydrogen) atoms. The first-order valence-electron chi connectivity index (χ1n) is 7.56. The van der Waals surface area contributed by atoms with E-state index in [2.05, 4.69) is 35.3 Å². The van der Waals surface area contributed by atoms with Crippen molar-refractivity contribution in [3.8, 4) is 5.75 Å². The number of likely N-dealkylation sites (N-methyl/N-ethyl adjacent to an activating group) is 1. The zero-order valence-corrected chi connectivity index (χ0v) is 11.8. The summed E-state index contributed by atoms with van der Waals surface area (Å²) in [4.78, 5) is 2.59. The number of hydrogen-bond acceptors (Lipinski definition) is 3. The van der Waals surface area contributed by atoms with Crippen molar-refractivity contribution >= 4 is 0 Å². The molecule has 1 N–H and O–H groups in total. The molecule has 1 saturated carbocycles. The van der Waals surface area contributed by atoms with Crippen LogP contribution in [0.3, 0.4) is 0 Å². The molecule has 3 nitrogen and oxygen atoms in total. The largest absolute Gasteiger partial charge is 0.493 e. The highest BCUT2D eigenvalue weighted by Gasteiger charge is 2.26. The van der Waals surface area contributed by atoms with Gasteiger partial charge in [-0.1, -0.05) is 19.1 Å². The van der Waals surface area contributed by atoms with E-state index in [1.807, 2.05) is 0 Å². The third kappa shape index (κ3) is 3.28. The van der Waals surface area contributed by atoms with Crippen LogP contribution in [-0.2, 0) is 13.0 Å². The van der Waals surface area contributed by atoms with Gasteiger partial charge in [-0.25, -0.2) is 0 Å². The monoisotopic (exact) mass is 260 g/mol. The van der Waals surface area contributed by atoms with Gasteiger partial charge in [-0.05, 0) is 36.6 Å². The molecule has 0 unspecified atom stereocenters. The molecule has 1 aliphatic heterocycles. The van der Waals surface area contributed by atoms with Gasteiger partial charge in [0.25, 0.3) is 0 Å². The highest BCUT2D eigenvalue weighted by atomic mass is 16.5. The number of rotatable bonds is 7. The lowest BCUT2D eigenvalue weighted by Crippen LogP contribution is -2.33. The van der Waals surface area contributed by atoms with Gasteiger partial charge in [-0.15, -0.1) is 0 Å². The second-order valence-electron chi connectivity index (χ2n) is 5.58. The molecule has 0 saturated heterocycles. The molecular weight excluding hydrogens is 236 g/mol. The summed E-state index contributed by atoms with van der Waals surface area (Å²) in [5.41, 5.74) is 2.74. The van der Waals surface area contributed by atoms with Gasteiger partial charge in [0.15, 0.2) is 0 Å². The summed E-state index contributed by atoms with van der Waals surface area (Å²) in [6.45, 7) is 7.52. The first-order chi connectivity index (χ1) is 9.36. The second kappa shape index (κ2) is 5.93. The van der Waals surface area contributed by atoms with Crippen molar-refractivity contribution < 1.29 is 4.74 Å². The lowest BCUT2D eigenvalue weighted by molar-refractivity contribution is 0.277. The van der Waals surface area contributed by atoms with E-state index in [1.165, 1.54) is 37.1 Å². The number of ether oxygens (including phenoxy) is 1. The number of nitrogens with one attached hydrogen (secondary N) is 1. The van der Waals surface area contributed by atoms with Gasteiger partial charge in [0.1, 0.15) is 5.75 Å². The third-order valence-electron chi connectivity index (χ3n) is 4.13. The van der Waals surface area contributed by atoms with Crippen LogP contribution in [0.2, 0.25) is 0 Å². The van der Waals surface area contributed by atoms with E-state index < -0.39 is 0 Å². The second-order valence-corrected chi connectivity index (χ2v) is 5.58. The summed E-state index contributed by atoms with van der Waals surface area (Å²) in [5, 5.41) is 3.56. The van der Waals surface area contributed by atoms with Crippen LogP contribution < -0.4 is 10.1 Å². The summed E-state index contributed by atoms with van der Waals surface area (Å²) < 4.78 is 5.53. The Bertz CT molecular complexity index is 429. The molecule has 0 amide bonds. The highest BCUT2D eigenvalue weighted by Crippen LogP contribution is 2.26. The standard InChI is InChI=1S/C16H24N2O/c1-2-18(15-4-5-15)9-8-17-12-13-3-6-16-14(11-13)7-10-19-16/h3,6,11,15,17H,2,4-5,7-10,12H2,1H3. The van der Waals surface area contributed by atoms with Gasteiger partial charge in [0, 0.05) is 32.1 Å². The van der Waals surface area contributed by atoms with Crippen LogP contribution in [0.5, 0.6) is 5.75 Å². The van der Waals surface area contributed by atoms with Crippen LogP contribution in [-0.4, -0.2) is 37.2 Å². The first-order valence-corrected chi connectivity index (χ1v) is 7.56. The van der Waals surface area contributed by atoms with E-state index in [1.54, 1.807) is 0 Å². The number of nitrogens with zero attached hydrogens (tertiary/aromatic N) is 1. The highest BCUT2D eigenvalue weighted by molar-refractivity contribution is 5.39. The van der Waals surface area contributed by atoms with Crippen molar-refractivity contribution in [2.45, 2.75) is 38.8 Å². The summed E-state index contributed by atoms with van der Waals surface area (Å²) in [6, 6.07) is 7.45. The van der Waals surface area contributed by atoms with E-state index in [0.29, 0.717) is 0 Å². The molecule has 3 heteroatoms. The van der Waals surface area contributed by atoms with Crippen LogP contribution in [0.4, 0.5) is 0 Å². The lowest BCUT2D eigenvalue weighted by atomic mass is 10.1. The minimum atomic E-state index is 0.846. The van der Waals surface area contributed by atoms with E-state index in [9.17, 15) is 0 Å². The molecule has 2 aliphatic rings. The van der Waals surface area contributed by atoms with Gasteiger partial charge in [-0.3, -0.25) is 4.90 Å². The average molecular weight is 260 g/mol. The first kappa shape index (κ1) is 12.9. The Balaban J connectivity index is 1.42. The molecule has 1 heterocycles. The fourth-order valence-electron chi connectivity index (χ4n) is 2.84. The van der Waals surface area contributed by atoms with Crippen molar-refractivity contribution in [1.82, 2.24) is 10.2 Å². The molecule has 1 fully saturated rings. The Hall–Kier alpha value is -1.06. The van der Waals surface area contributed by atoms with Gasteiger partial charge >= 0.3 is 0 Å². The van der Waals surface area contributed by atoms with Crippen LogP contribution in [0.1, 0.15) is 30.9 Å². The summed E-state index contributed by atoms with van der Waals surface area (Å²) in [7, 11) is 0. The molecule has 1 aromatic rings. The van der Waals surface area contributed by atoms with E-state index >= 15 is 0 Å². The SMILES string of the molecule is CCN(CCNCc1ccc2c(c1)CCO2)C1CC1. The van der Waals surface area contributed by atoms with Gasteiger partial charge in [0.05, 0.1) is 6.61 Å². The summed E-state index contributed by atoms with van der Waals surface area (Å²) in [5.74, 6) is 1.08. The molecule has 1 aliphatic carbocycles. The van der Waals surface area contributed by atoms with E-state index in [-0.39, 0.29) is 0 Å². The van der Waals surface area contributed by atoms with Crippen LogP contribution >= 0.6 is 0 Å². The maximum Gasteiger partial charge on any atom is 0.122 e. The van der Waals surface area contributed by atoms with Gasteiger partial charge in [0.2, 0.25) is 0 Å². The Labute approximate surface area is 115 Å². The third-order valence-corrected chi connectivity index (χ3v) is 4.13. The average Bonchev–Trinajstić information content (AvgIpc) is 3.16. The molecular formula is C16H24N2O. The minimum Gasteiger partial charge on any atom is -0.493 e. The maximum absolute atomic E-state index is 5.53. The Morgan fingerprint density at radius 2 is 2.26 bits per heavy atom. The fourth-order valence-corrected chi connectivity index (χ4v) is 2.84. The molecule has 0 atom stereocenters. The Morgan fingerprint density at radius 1 is 1.37 bits per heavy atom. The van der Waals surface area contributed by atoms with Crippen LogP contribution in [0, 0.1) is 0 Å². The van der Waals surface area contributed by atoms with Gasteiger partial charge < -0.3 is 10.1 Å². The Kier molecular flexibility index (Phi) is 4.04. The van der Waals surface area contributed by atoms with Crippen molar-refractivity contribution in [2.24, 2.45) is 0 Å². The van der Waals surface area contributed by atoms with Crippen molar-refractivity contribution in [3.63, 3.8) is 0 Å². The smallest absolute Gasteiger partial charge is 0.122 e. The zero-order valence-electron chi connectivity index (χ0n) is 11.8. The van der Waals surface area contributed by atoms with Crippen LogP contribution in [0.15, 0.2) is 18.2 Å². The fraction of sp³-hybridized carbons (Fsp3) is 0.625. The normalized spacial score (nSPS) is 17.6. The predicted octanol–water partition coefficient (Wildman–Crippen LogP) is 2.20. The maximum atomic E-state index is 5.53. The molecule has 0 radical (unpaired) electrons. The zero-order chi connectivity index (χ0) is 13.1.